The fraction of sp³-hybridized carbons (Fsp3) is 0.333. The quantitative estimate of drug-likeness (QED) is 0.728. The van der Waals surface area contributed by atoms with Crippen LogP contribution in [0.3, 0.4) is 0 Å². The van der Waals surface area contributed by atoms with Gasteiger partial charge < -0.3 is 15.8 Å². The molecule has 3 N–H and O–H groups in total. The van der Waals surface area contributed by atoms with Crippen LogP contribution < -0.4 is 16.6 Å². The average Bonchev–Trinajstić information content (AvgIpc) is 2.73. The lowest BCUT2D eigenvalue weighted by molar-refractivity contribution is 0.0805. The summed E-state index contributed by atoms with van der Waals surface area (Å²) in [5.41, 5.74) is 12.0. The van der Waals surface area contributed by atoms with E-state index >= 15 is 0 Å². The maximum Gasteiger partial charge on any atom is 0.404 e. The number of nitrogens with one attached hydrogen (secondary N) is 1. The number of primary amides is 1. The first kappa shape index (κ1) is 20.0. The van der Waals surface area contributed by atoms with Crippen LogP contribution in [0.4, 0.5) is 10.7 Å². The molecule has 1 fully saturated rings. The molecule has 9 heteroatoms. The van der Waals surface area contributed by atoms with Crippen LogP contribution in [0.1, 0.15) is 31.2 Å². The number of halogens is 1. The number of nitrogens with two attached hydrogens (primary N) is 1. The Morgan fingerprint density at radius 1 is 1.37 bits per heavy atom. The van der Waals surface area contributed by atoms with E-state index in [1.807, 2.05) is 0 Å². The molecular weight excluding hydrogens is 406 g/mol. The summed E-state index contributed by atoms with van der Waals surface area (Å²) in [6.45, 7) is 0. The van der Waals surface area contributed by atoms with Crippen molar-refractivity contribution in [2.45, 2.75) is 37.8 Å². The zero-order chi connectivity index (χ0) is 21.3. The molecule has 0 aromatic carbocycles. The Morgan fingerprint density at radius 3 is 2.83 bits per heavy atom. The van der Waals surface area contributed by atoms with E-state index in [4.69, 9.17) is 22.1 Å². The van der Waals surface area contributed by atoms with Gasteiger partial charge in [-0.3, -0.25) is 9.36 Å². The van der Waals surface area contributed by atoms with Gasteiger partial charge in [-0.1, -0.05) is 23.1 Å². The monoisotopic (exact) mass is 425 g/mol. The molecule has 0 spiro atoms. The molecule has 0 bridgehead atoms. The van der Waals surface area contributed by atoms with Crippen molar-refractivity contribution in [2.75, 3.05) is 5.32 Å². The molecule has 0 aliphatic heterocycles. The summed E-state index contributed by atoms with van der Waals surface area (Å²) < 4.78 is 6.54. The second-order valence-corrected chi connectivity index (χ2v) is 7.68. The van der Waals surface area contributed by atoms with Gasteiger partial charge in [-0.25, -0.2) is 9.78 Å². The lowest BCUT2D eigenvalue weighted by atomic mass is 9.93. The second kappa shape index (κ2) is 8.20. The zero-order valence-corrected chi connectivity index (χ0v) is 17.1. The lowest BCUT2D eigenvalue weighted by Gasteiger charge is -2.28. The van der Waals surface area contributed by atoms with Gasteiger partial charge in [-0.15, -0.1) is 0 Å². The molecule has 8 nitrogen and oxygen atoms in total. The van der Waals surface area contributed by atoms with Gasteiger partial charge in [0.25, 0.3) is 5.56 Å². The molecule has 0 atom stereocenters. The Labute approximate surface area is 177 Å². The van der Waals surface area contributed by atoms with Crippen LogP contribution in [0, 0.1) is 0 Å². The van der Waals surface area contributed by atoms with Gasteiger partial charge in [0, 0.05) is 24.7 Å². The molecule has 154 valence electrons. The number of aryl methyl sites for hydroxylation is 1. The van der Waals surface area contributed by atoms with Gasteiger partial charge >= 0.3 is 6.09 Å². The third-order valence-corrected chi connectivity index (χ3v) is 5.57. The van der Waals surface area contributed by atoms with E-state index in [-0.39, 0.29) is 17.7 Å². The van der Waals surface area contributed by atoms with Crippen molar-refractivity contribution < 1.29 is 9.53 Å². The number of allylic oxidation sites excluding steroid dienone is 4. The van der Waals surface area contributed by atoms with E-state index in [0.717, 1.165) is 25.7 Å². The summed E-state index contributed by atoms with van der Waals surface area (Å²) in [6, 6.07) is 1.87. The normalized spacial score (nSPS) is 20.6. The maximum absolute atomic E-state index is 12.9. The number of nitrogens with zero attached hydrogens (tertiary/aromatic N) is 3. The molecule has 2 aromatic heterocycles. The van der Waals surface area contributed by atoms with Gasteiger partial charge in [0.05, 0.1) is 16.2 Å². The number of fused-ring (bicyclic) bond motifs is 1. The molecule has 2 aliphatic rings. The fourth-order valence-electron chi connectivity index (χ4n) is 3.73. The van der Waals surface area contributed by atoms with Crippen molar-refractivity contribution in [3.05, 3.63) is 56.8 Å². The minimum absolute atomic E-state index is 0.142. The predicted molar refractivity (Wildman–Crippen MR) is 114 cm³/mol. The number of anilines is 1. The van der Waals surface area contributed by atoms with Crippen molar-refractivity contribution in [3.8, 4) is 0 Å². The van der Waals surface area contributed by atoms with E-state index in [2.05, 4.69) is 26.7 Å². The highest BCUT2D eigenvalue weighted by Crippen LogP contribution is 2.27. The number of aromatic nitrogens is 3. The van der Waals surface area contributed by atoms with Gasteiger partial charge in [-0.2, -0.15) is 4.98 Å². The Kier molecular flexibility index (Phi) is 5.46. The first-order chi connectivity index (χ1) is 14.4. The van der Waals surface area contributed by atoms with E-state index in [1.54, 1.807) is 31.5 Å². The number of hydrogen-bond acceptors (Lipinski definition) is 6. The smallest absolute Gasteiger partial charge is 0.404 e. The highest BCUT2D eigenvalue weighted by Gasteiger charge is 2.24. The third kappa shape index (κ3) is 4.02. The molecule has 1 saturated carbocycles. The van der Waals surface area contributed by atoms with Crippen LogP contribution >= 0.6 is 11.6 Å². The number of ether oxygens (including phenoxy) is 1. The van der Waals surface area contributed by atoms with Gasteiger partial charge in [-0.05, 0) is 43.9 Å². The van der Waals surface area contributed by atoms with Crippen LogP contribution in [0.5, 0.6) is 0 Å². The minimum Gasteiger partial charge on any atom is -0.446 e. The van der Waals surface area contributed by atoms with E-state index in [9.17, 15) is 9.59 Å². The number of carbonyl (C=O) groups excluding carboxylic acids is 1. The number of rotatable bonds is 4. The Hall–Kier alpha value is -3.31. The zero-order valence-electron chi connectivity index (χ0n) is 16.3. The summed E-state index contributed by atoms with van der Waals surface area (Å²) >= 11 is 6.23. The maximum atomic E-state index is 12.9. The highest BCUT2D eigenvalue weighted by molar-refractivity contribution is 6.37. The molecule has 0 unspecified atom stereocenters. The van der Waals surface area contributed by atoms with Crippen LogP contribution in [-0.4, -0.2) is 32.8 Å². The molecule has 1 amide bonds. The van der Waals surface area contributed by atoms with Gasteiger partial charge in [0.2, 0.25) is 5.95 Å². The molecular formula is C21H20ClN5O3. The Bertz CT molecular complexity index is 1210. The summed E-state index contributed by atoms with van der Waals surface area (Å²) in [5.74, 6) is 0.446. The number of amides is 1. The van der Waals surface area contributed by atoms with Crippen molar-refractivity contribution in [3.63, 3.8) is 0 Å². The van der Waals surface area contributed by atoms with Crippen LogP contribution in [0.2, 0.25) is 0 Å². The minimum atomic E-state index is -0.739. The molecule has 4 rings (SSSR count). The number of hydrogen-bond donors (Lipinski definition) is 2. The first-order valence-electron chi connectivity index (χ1n) is 9.60. The van der Waals surface area contributed by atoms with Crippen molar-refractivity contribution in [1.82, 2.24) is 14.5 Å². The predicted octanol–water partition coefficient (Wildman–Crippen LogP) is 2.98. The molecule has 2 aliphatic carbocycles. The fourth-order valence-corrected chi connectivity index (χ4v) is 3.95. The summed E-state index contributed by atoms with van der Waals surface area (Å²) in [6.07, 6.45) is 7.16. The second-order valence-electron chi connectivity index (χ2n) is 7.28. The van der Waals surface area contributed by atoms with Crippen molar-refractivity contribution in [2.24, 2.45) is 12.8 Å². The molecule has 0 saturated heterocycles. The van der Waals surface area contributed by atoms with E-state index < -0.39 is 6.09 Å². The van der Waals surface area contributed by atoms with Crippen LogP contribution in [-0.2, 0) is 11.8 Å². The highest BCUT2D eigenvalue weighted by atomic mass is 35.5. The summed E-state index contributed by atoms with van der Waals surface area (Å²) in [5, 5.41) is 4.45. The van der Waals surface area contributed by atoms with E-state index in [0.29, 0.717) is 33.2 Å². The number of carbonyl (C=O) groups is 1. The number of pyridine rings is 1. The Morgan fingerprint density at radius 2 is 2.13 bits per heavy atom. The topological polar surface area (TPSA) is 112 Å². The van der Waals surface area contributed by atoms with Gasteiger partial charge in [0.1, 0.15) is 11.8 Å². The summed E-state index contributed by atoms with van der Waals surface area (Å²) in [7, 11) is 1.66. The van der Waals surface area contributed by atoms with Crippen molar-refractivity contribution >= 4 is 40.2 Å². The first-order valence-corrected chi connectivity index (χ1v) is 9.98. The summed E-state index contributed by atoms with van der Waals surface area (Å²) in [4.78, 5) is 32.7. The van der Waals surface area contributed by atoms with Crippen LogP contribution in [0.25, 0.3) is 16.6 Å². The largest absolute Gasteiger partial charge is 0.446 e. The standard InChI is InChI=1S/C21H20ClN5O3/c1-27-18-12(10-16(19(27)28)15-4-2-3-5-17(15)22)11-24-21(26-18)25-13-6-8-14(9-7-13)30-20(23)29/h3,5,10-11,13-14H,6-9H2,1H3,(H2,23,29)(H,24,25,26). The SMILES string of the molecule is Cn1c(=O)c(C2=C=C=CC=C2Cl)cc2cnc(NC3CCC(OC(N)=O)CC3)nc21. The van der Waals surface area contributed by atoms with E-state index in [1.165, 1.54) is 4.57 Å². The average molecular weight is 426 g/mol. The molecule has 0 radical (unpaired) electrons. The van der Waals surface area contributed by atoms with Crippen molar-refractivity contribution in [1.29, 1.82) is 0 Å². The molecule has 30 heavy (non-hydrogen) atoms. The molecule has 2 aromatic rings. The lowest BCUT2D eigenvalue weighted by Crippen LogP contribution is -2.32. The van der Waals surface area contributed by atoms with Gasteiger partial charge in [0.15, 0.2) is 0 Å². The third-order valence-electron chi connectivity index (χ3n) is 5.26. The molecule has 2 heterocycles. The van der Waals surface area contributed by atoms with Crippen LogP contribution in [0.15, 0.2) is 45.7 Å². The Balaban J connectivity index is 1.58.